The maximum Gasteiger partial charge on any atom is 0.219 e. The molecule has 1 aliphatic heterocycles. The minimum atomic E-state index is -0.948. The zero-order chi connectivity index (χ0) is 16.7. The lowest BCUT2D eigenvalue weighted by atomic mass is 10.1. The van der Waals surface area contributed by atoms with Crippen molar-refractivity contribution in [1.82, 2.24) is 8.87 Å². The van der Waals surface area contributed by atoms with Crippen molar-refractivity contribution in [2.75, 3.05) is 6.54 Å². The van der Waals surface area contributed by atoms with E-state index in [0.29, 0.717) is 15.7 Å². The van der Waals surface area contributed by atoms with Gasteiger partial charge >= 0.3 is 0 Å². The SMILES string of the molecule is CC(=O)N1CCc2c(ccn2S(C(C)C)(C(C)C)C(C)C)C1. The van der Waals surface area contributed by atoms with Crippen molar-refractivity contribution in [3.8, 4) is 0 Å². The van der Waals surface area contributed by atoms with Crippen LogP contribution in [0.1, 0.15) is 59.7 Å². The van der Waals surface area contributed by atoms with Gasteiger partial charge in [-0.1, -0.05) is 41.5 Å². The normalized spacial score (nSPS) is 16.5. The maximum atomic E-state index is 11.7. The van der Waals surface area contributed by atoms with E-state index in [1.165, 1.54) is 11.3 Å². The van der Waals surface area contributed by atoms with Crippen molar-refractivity contribution in [3.05, 3.63) is 23.5 Å². The smallest absolute Gasteiger partial charge is 0.219 e. The molecule has 0 radical (unpaired) electrons. The third kappa shape index (κ3) is 2.60. The summed E-state index contributed by atoms with van der Waals surface area (Å²) in [6.45, 7) is 17.6. The third-order valence-corrected chi connectivity index (χ3v) is 10.6. The average molecular weight is 325 g/mol. The topological polar surface area (TPSA) is 25.2 Å². The monoisotopic (exact) mass is 324 g/mol. The van der Waals surface area contributed by atoms with Crippen LogP contribution in [0.25, 0.3) is 0 Å². The van der Waals surface area contributed by atoms with Crippen LogP contribution >= 0.6 is 10.2 Å². The number of carbonyl (C=O) groups is 1. The zero-order valence-corrected chi connectivity index (χ0v) is 16.0. The molecule has 126 valence electrons. The van der Waals surface area contributed by atoms with E-state index >= 15 is 0 Å². The number of amides is 1. The number of hydrogen-bond donors (Lipinski definition) is 0. The van der Waals surface area contributed by atoms with E-state index in [4.69, 9.17) is 0 Å². The first kappa shape index (κ1) is 17.5. The van der Waals surface area contributed by atoms with Gasteiger partial charge in [0.1, 0.15) is 0 Å². The molecule has 1 aromatic heterocycles. The molecule has 1 aliphatic rings. The Labute approximate surface area is 137 Å². The molecule has 0 saturated carbocycles. The third-order valence-electron chi connectivity index (χ3n) is 5.08. The van der Waals surface area contributed by atoms with E-state index in [0.717, 1.165) is 19.5 Å². The van der Waals surface area contributed by atoms with Gasteiger partial charge in [0.15, 0.2) is 0 Å². The van der Waals surface area contributed by atoms with Gasteiger partial charge in [-0.05, 0) is 11.6 Å². The van der Waals surface area contributed by atoms with Crippen molar-refractivity contribution in [3.63, 3.8) is 0 Å². The van der Waals surface area contributed by atoms with E-state index in [1.807, 2.05) is 4.90 Å². The second kappa shape index (κ2) is 6.31. The molecule has 2 rings (SSSR count). The summed E-state index contributed by atoms with van der Waals surface area (Å²) < 4.78 is 2.64. The lowest BCUT2D eigenvalue weighted by Crippen LogP contribution is -2.38. The molecule has 0 bridgehead atoms. The Kier molecular flexibility index (Phi) is 5.00. The van der Waals surface area contributed by atoms with Crippen LogP contribution in [0.3, 0.4) is 0 Å². The molecule has 0 fully saturated rings. The summed E-state index contributed by atoms with van der Waals surface area (Å²) in [5.74, 6) is 0.189. The van der Waals surface area contributed by atoms with Crippen LogP contribution in [0.2, 0.25) is 0 Å². The van der Waals surface area contributed by atoms with E-state index in [1.54, 1.807) is 6.92 Å². The Balaban J connectivity index is 2.51. The van der Waals surface area contributed by atoms with Crippen molar-refractivity contribution in [2.45, 2.75) is 77.2 Å². The van der Waals surface area contributed by atoms with Gasteiger partial charge in [0.05, 0.1) is 0 Å². The number of aromatic nitrogens is 1. The first-order chi connectivity index (χ1) is 10.2. The molecule has 1 aromatic rings. The van der Waals surface area contributed by atoms with E-state index < -0.39 is 10.2 Å². The predicted octanol–water partition coefficient (Wildman–Crippen LogP) is 4.19. The summed E-state index contributed by atoms with van der Waals surface area (Å²) >= 11 is 0. The summed E-state index contributed by atoms with van der Waals surface area (Å²) in [6, 6.07) is 2.25. The number of rotatable bonds is 4. The van der Waals surface area contributed by atoms with Crippen LogP contribution in [0.15, 0.2) is 12.3 Å². The van der Waals surface area contributed by atoms with Gasteiger partial charge in [-0.2, -0.15) is 10.2 Å². The molecule has 0 N–H and O–H groups in total. The molecule has 3 nitrogen and oxygen atoms in total. The minimum Gasteiger partial charge on any atom is -0.338 e. The first-order valence-corrected chi connectivity index (χ1v) is 10.3. The summed E-state index contributed by atoms with van der Waals surface area (Å²) in [5, 5.41) is 1.94. The van der Waals surface area contributed by atoms with Crippen molar-refractivity contribution < 1.29 is 4.79 Å². The van der Waals surface area contributed by atoms with Crippen molar-refractivity contribution in [2.24, 2.45) is 0 Å². The van der Waals surface area contributed by atoms with Crippen LogP contribution in [-0.4, -0.2) is 37.1 Å². The van der Waals surface area contributed by atoms with Crippen LogP contribution in [0.5, 0.6) is 0 Å². The van der Waals surface area contributed by atoms with E-state index in [9.17, 15) is 4.79 Å². The van der Waals surface area contributed by atoms with Crippen LogP contribution in [0.4, 0.5) is 0 Å². The van der Waals surface area contributed by atoms with Crippen molar-refractivity contribution in [1.29, 1.82) is 0 Å². The molecule has 0 spiro atoms. The highest BCUT2D eigenvalue weighted by Crippen LogP contribution is 2.62. The molecular weight excluding hydrogens is 292 g/mol. The molecular formula is C18H32N2OS. The fraction of sp³-hybridized carbons (Fsp3) is 0.722. The summed E-state index contributed by atoms with van der Waals surface area (Å²) in [5.41, 5.74) is 2.82. The highest BCUT2D eigenvalue weighted by molar-refractivity contribution is 8.33. The molecule has 2 heterocycles. The van der Waals surface area contributed by atoms with Gasteiger partial charge < -0.3 is 8.87 Å². The molecule has 22 heavy (non-hydrogen) atoms. The molecule has 0 atom stereocenters. The van der Waals surface area contributed by atoms with E-state index in [-0.39, 0.29) is 5.91 Å². The van der Waals surface area contributed by atoms with Crippen LogP contribution in [-0.2, 0) is 17.8 Å². The van der Waals surface area contributed by atoms with Gasteiger partial charge in [0.2, 0.25) is 5.91 Å². The summed E-state index contributed by atoms with van der Waals surface area (Å²) in [4.78, 5) is 13.6. The van der Waals surface area contributed by atoms with Crippen LogP contribution < -0.4 is 0 Å². The molecule has 0 aromatic carbocycles. The lowest BCUT2D eigenvalue weighted by Gasteiger charge is -2.53. The molecule has 0 aliphatic carbocycles. The van der Waals surface area contributed by atoms with Gasteiger partial charge in [-0.15, -0.1) is 0 Å². The van der Waals surface area contributed by atoms with Gasteiger partial charge in [0.25, 0.3) is 0 Å². The highest BCUT2D eigenvalue weighted by Gasteiger charge is 2.38. The van der Waals surface area contributed by atoms with Crippen molar-refractivity contribution >= 4 is 16.1 Å². The molecule has 1 amide bonds. The fourth-order valence-corrected chi connectivity index (χ4v) is 9.80. The Morgan fingerprint density at radius 3 is 2.09 bits per heavy atom. The van der Waals surface area contributed by atoms with E-state index in [2.05, 4.69) is 57.8 Å². The van der Waals surface area contributed by atoms with Gasteiger partial charge in [0, 0.05) is 54.1 Å². The standard InChI is InChI=1S/C18H32N2OS/c1-13(2)22(14(3)4,15(5)6)20-11-8-17-12-19(16(7)21)10-9-18(17)20/h8,11,13-15H,9-10,12H2,1-7H3. The maximum absolute atomic E-state index is 11.7. The predicted molar refractivity (Wildman–Crippen MR) is 97.6 cm³/mol. The Morgan fingerprint density at radius 1 is 1.09 bits per heavy atom. The quantitative estimate of drug-likeness (QED) is 0.815. The number of fused-ring (bicyclic) bond motifs is 1. The zero-order valence-electron chi connectivity index (χ0n) is 15.2. The Morgan fingerprint density at radius 2 is 1.64 bits per heavy atom. The minimum absolute atomic E-state index is 0.189. The first-order valence-electron chi connectivity index (χ1n) is 8.47. The lowest BCUT2D eigenvalue weighted by molar-refractivity contribution is -0.129. The van der Waals surface area contributed by atoms with Gasteiger partial charge in [-0.25, -0.2) is 0 Å². The Bertz CT molecular complexity index is 524. The average Bonchev–Trinajstić information content (AvgIpc) is 2.81. The van der Waals surface area contributed by atoms with Crippen LogP contribution in [0, 0.1) is 0 Å². The second-order valence-corrected chi connectivity index (χ2v) is 11.8. The molecule has 4 heteroatoms. The number of hydrogen-bond acceptors (Lipinski definition) is 1. The molecule has 0 saturated heterocycles. The summed E-state index contributed by atoms with van der Waals surface area (Å²) in [7, 11) is -0.948. The summed E-state index contributed by atoms with van der Waals surface area (Å²) in [6.07, 6.45) is 3.30. The largest absolute Gasteiger partial charge is 0.338 e. The number of carbonyl (C=O) groups excluding carboxylic acids is 1. The van der Waals surface area contributed by atoms with Gasteiger partial charge in [-0.3, -0.25) is 4.79 Å². The molecule has 0 unspecified atom stereocenters. The second-order valence-electron chi connectivity index (χ2n) is 7.17. The fourth-order valence-electron chi connectivity index (χ4n) is 4.31. The highest BCUT2D eigenvalue weighted by atomic mass is 32.3. The Hall–Kier alpha value is -0.900. The number of nitrogens with zero attached hydrogens (tertiary/aromatic N) is 2.